The monoisotopic (exact) mass is 415 g/mol. The van der Waals surface area contributed by atoms with Crippen LogP contribution in [0.1, 0.15) is 30.8 Å². The molecule has 0 fully saturated rings. The van der Waals surface area contributed by atoms with Gasteiger partial charge in [-0.05, 0) is 48.4 Å². The summed E-state index contributed by atoms with van der Waals surface area (Å²) in [6.45, 7) is 2.05. The lowest BCUT2D eigenvalue weighted by Gasteiger charge is -2.33. The average Bonchev–Trinajstić information content (AvgIpc) is 3.11. The van der Waals surface area contributed by atoms with Crippen molar-refractivity contribution >= 4 is 23.4 Å². The zero-order chi connectivity index (χ0) is 20.4. The summed E-state index contributed by atoms with van der Waals surface area (Å²) in [5, 5.41) is 11.2. The molecule has 1 amide bonds. The van der Waals surface area contributed by atoms with Crippen LogP contribution in [0, 0.1) is 11.6 Å². The molecule has 1 aromatic heterocycles. The number of aromatic nitrogens is 3. The first kappa shape index (κ1) is 19.4. The number of rotatable bonds is 5. The van der Waals surface area contributed by atoms with E-state index in [0.29, 0.717) is 10.8 Å². The highest BCUT2D eigenvalue weighted by molar-refractivity contribution is 8.00. The van der Waals surface area contributed by atoms with Gasteiger partial charge in [0.15, 0.2) is 5.82 Å². The second-order valence-corrected chi connectivity index (χ2v) is 7.79. The fourth-order valence-electron chi connectivity index (χ4n) is 3.15. The van der Waals surface area contributed by atoms with Crippen molar-refractivity contribution in [3.63, 3.8) is 0 Å². The van der Waals surface area contributed by atoms with Crippen molar-refractivity contribution in [3.05, 3.63) is 71.6 Å². The van der Waals surface area contributed by atoms with Crippen molar-refractivity contribution in [1.29, 1.82) is 0 Å². The molecule has 9 heteroatoms. The van der Waals surface area contributed by atoms with E-state index >= 15 is 0 Å². The Kier molecular flexibility index (Phi) is 5.48. The van der Waals surface area contributed by atoms with Gasteiger partial charge in [0.05, 0.1) is 6.04 Å². The number of carbonyl (C=O) groups is 1. The maximum atomic E-state index is 13.4. The van der Waals surface area contributed by atoms with Crippen LogP contribution in [0.2, 0.25) is 0 Å². The molecule has 6 nitrogen and oxygen atoms in total. The standard InChI is InChI=1S/C20H19F2N5OS/c1-2-3-16-24-25-20-27(16)26-17(12-4-6-13(21)7-5-12)18(29-20)19(28)23-15-10-8-14(22)9-11-15/h4-11,17-18,26H,2-3H2,1H3,(H,23,28). The maximum absolute atomic E-state index is 13.4. The molecule has 4 rings (SSSR count). The molecule has 0 bridgehead atoms. The second-order valence-electron chi connectivity index (χ2n) is 6.68. The highest BCUT2D eigenvalue weighted by atomic mass is 32.2. The Morgan fingerprint density at radius 1 is 1.10 bits per heavy atom. The fourth-order valence-corrected chi connectivity index (χ4v) is 4.25. The molecule has 0 aliphatic carbocycles. The zero-order valence-corrected chi connectivity index (χ0v) is 16.4. The minimum Gasteiger partial charge on any atom is -0.325 e. The lowest BCUT2D eigenvalue weighted by Crippen LogP contribution is -2.41. The largest absolute Gasteiger partial charge is 0.325 e. The fraction of sp³-hybridized carbons (Fsp3) is 0.250. The van der Waals surface area contributed by atoms with Crippen molar-refractivity contribution in [2.24, 2.45) is 0 Å². The molecular formula is C20H19F2N5OS. The number of benzene rings is 2. The van der Waals surface area contributed by atoms with Gasteiger partial charge in [-0.25, -0.2) is 13.5 Å². The van der Waals surface area contributed by atoms with Crippen LogP contribution in [-0.4, -0.2) is 26.0 Å². The Labute approximate surface area is 170 Å². The molecule has 2 heterocycles. The molecule has 2 aromatic carbocycles. The molecule has 2 unspecified atom stereocenters. The van der Waals surface area contributed by atoms with Gasteiger partial charge >= 0.3 is 0 Å². The number of nitrogens with zero attached hydrogens (tertiary/aromatic N) is 3. The summed E-state index contributed by atoms with van der Waals surface area (Å²) in [5.74, 6) is -0.215. The van der Waals surface area contributed by atoms with Gasteiger partial charge < -0.3 is 10.7 Å². The normalized spacial score (nSPS) is 18.0. The van der Waals surface area contributed by atoms with Crippen LogP contribution in [0.5, 0.6) is 0 Å². The number of fused-ring (bicyclic) bond motifs is 1. The Morgan fingerprint density at radius 2 is 1.76 bits per heavy atom. The lowest BCUT2D eigenvalue weighted by atomic mass is 10.0. The van der Waals surface area contributed by atoms with Crippen molar-refractivity contribution in [2.45, 2.75) is 36.2 Å². The smallest absolute Gasteiger partial charge is 0.240 e. The van der Waals surface area contributed by atoms with E-state index in [1.807, 2.05) is 6.92 Å². The topological polar surface area (TPSA) is 71.8 Å². The molecule has 0 radical (unpaired) electrons. The quantitative estimate of drug-likeness (QED) is 0.661. The summed E-state index contributed by atoms with van der Waals surface area (Å²) in [6.07, 6.45) is 1.64. The van der Waals surface area contributed by atoms with E-state index in [4.69, 9.17) is 0 Å². The van der Waals surface area contributed by atoms with E-state index in [1.54, 1.807) is 16.8 Å². The van der Waals surface area contributed by atoms with Gasteiger partial charge in [0.1, 0.15) is 16.9 Å². The number of thioether (sulfide) groups is 1. The van der Waals surface area contributed by atoms with Crippen molar-refractivity contribution in [3.8, 4) is 0 Å². The molecular weight excluding hydrogens is 396 g/mol. The predicted octanol–water partition coefficient (Wildman–Crippen LogP) is 3.91. The molecule has 29 heavy (non-hydrogen) atoms. The number of nitrogens with one attached hydrogen (secondary N) is 2. The molecule has 0 spiro atoms. The van der Waals surface area contributed by atoms with Crippen LogP contribution in [-0.2, 0) is 11.2 Å². The second kappa shape index (κ2) is 8.20. The van der Waals surface area contributed by atoms with Crippen LogP contribution in [0.25, 0.3) is 0 Å². The molecule has 1 aliphatic heterocycles. The first-order chi connectivity index (χ1) is 14.0. The minimum absolute atomic E-state index is 0.269. The predicted molar refractivity (Wildman–Crippen MR) is 107 cm³/mol. The number of hydrogen-bond acceptors (Lipinski definition) is 5. The summed E-state index contributed by atoms with van der Waals surface area (Å²) >= 11 is 1.29. The van der Waals surface area contributed by atoms with Crippen molar-refractivity contribution in [2.75, 3.05) is 10.7 Å². The highest BCUT2D eigenvalue weighted by Gasteiger charge is 2.37. The number of halogens is 2. The summed E-state index contributed by atoms with van der Waals surface area (Å²) in [6, 6.07) is 11.2. The van der Waals surface area contributed by atoms with Crippen LogP contribution in [0.3, 0.4) is 0 Å². The Bertz CT molecular complexity index is 1010. The SMILES string of the molecule is CCCc1nnc2n1NC(c1ccc(F)cc1)C(C(=O)Nc1ccc(F)cc1)S2. The molecule has 2 atom stereocenters. The Morgan fingerprint density at radius 3 is 2.41 bits per heavy atom. The van der Waals surface area contributed by atoms with Crippen LogP contribution in [0.15, 0.2) is 53.7 Å². The van der Waals surface area contributed by atoms with Crippen molar-refractivity contribution in [1.82, 2.24) is 14.9 Å². The van der Waals surface area contributed by atoms with Gasteiger partial charge in [0, 0.05) is 12.1 Å². The first-order valence-electron chi connectivity index (χ1n) is 9.24. The third-order valence-corrected chi connectivity index (χ3v) is 5.79. The summed E-state index contributed by atoms with van der Waals surface area (Å²) in [4.78, 5) is 13.0. The van der Waals surface area contributed by atoms with Crippen LogP contribution < -0.4 is 10.7 Å². The summed E-state index contributed by atoms with van der Waals surface area (Å²) in [5.41, 5.74) is 4.58. The lowest BCUT2D eigenvalue weighted by molar-refractivity contribution is -0.116. The molecule has 0 saturated carbocycles. The van der Waals surface area contributed by atoms with Gasteiger partial charge in [0.25, 0.3) is 0 Å². The Hall–Kier alpha value is -2.94. The molecule has 2 N–H and O–H groups in total. The van der Waals surface area contributed by atoms with E-state index in [0.717, 1.165) is 24.2 Å². The number of aryl methyl sites for hydroxylation is 1. The Balaban J connectivity index is 1.65. The maximum Gasteiger partial charge on any atom is 0.240 e. The molecule has 1 aliphatic rings. The first-order valence-corrected chi connectivity index (χ1v) is 10.1. The van der Waals surface area contributed by atoms with Crippen LogP contribution in [0.4, 0.5) is 14.5 Å². The van der Waals surface area contributed by atoms with E-state index in [2.05, 4.69) is 20.9 Å². The third kappa shape index (κ3) is 4.09. The van der Waals surface area contributed by atoms with Gasteiger partial charge in [-0.3, -0.25) is 4.79 Å². The van der Waals surface area contributed by atoms with E-state index < -0.39 is 11.3 Å². The van der Waals surface area contributed by atoms with Gasteiger partial charge in [0.2, 0.25) is 11.1 Å². The molecule has 3 aromatic rings. The zero-order valence-electron chi connectivity index (χ0n) is 15.6. The van der Waals surface area contributed by atoms with E-state index in [-0.39, 0.29) is 17.5 Å². The number of amides is 1. The van der Waals surface area contributed by atoms with Gasteiger partial charge in [-0.1, -0.05) is 30.8 Å². The summed E-state index contributed by atoms with van der Waals surface area (Å²) < 4.78 is 28.4. The van der Waals surface area contributed by atoms with Crippen LogP contribution >= 0.6 is 11.8 Å². The van der Waals surface area contributed by atoms with E-state index in [9.17, 15) is 13.6 Å². The van der Waals surface area contributed by atoms with E-state index in [1.165, 1.54) is 48.2 Å². The highest BCUT2D eigenvalue weighted by Crippen LogP contribution is 2.37. The van der Waals surface area contributed by atoms with Gasteiger partial charge in [-0.2, -0.15) is 0 Å². The van der Waals surface area contributed by atoms with Crippen molar-refractivity contribution < 1.29 is 13.6 Å². The third-order valence-electron chi connectivity index (χ3n) is 4.58. The minimum atomic E-state index is -0.586. The number of hydrogen-bond donors (Lipinski definition) is 2. The molecule has 150 valence electrons. The number of anilines is 1. The molecule has 0 saturated heterocycles. The average molecular weight is 415 g/mol. The number of carbonyl (C=O) groups excluding carboxylic acids is 1. The van der Waals surface area contributed by atoms with Gasteiger partial charge in [-0.15, -0.1) is 10.2 Å². The summed E-state index contributed by atoms with van der Waals surface area (Å²) in [7, 11) is 0.